The average Bonchev–Trinajstić information content (AvgIpc) is 2.81. The fourth-order valence-corrected chi connectivity index (χ4v) is 2.79. The average molecular weight is 249 g/mol. The van der Waals surface area contributed by atoms with E-state index in [1.807, 2.05) is 13.1 Å². The van der Waals surface area contributed by atoms with Crippen LogP contribution >= 0.6 is 0 Å². The van der Waals surface area contributed by atoms with Gasteiger partial charge < -0.3 is 10.5 Å². The van der Waals surface area contributed by atoms with Gasteiger partial charge in [0.2, 0.25) is 0 Å². The molecule has 1 aliphatic heterocycles. The van der Waals surface area contributed by atoms with E-state index in [9.17, 15) is 0 Å². The highest BCUT2D eigenvalue weighted by Crippen LogP contribution is 2.26. The van der Waals surface area contributed by atoms with Crippen molar-refractivity contribution in [2.24, 2.45) is 5.73 Å². The molecule has 4 nitrogen and oxygen atoms in total. The number of likely N-dealkylation sites (tertiary alicyclic amines) is 1. The fraction of sp³-hybridized carbons (Fsp3) is 0.643. The molecule has 1 aliphatic rings. The number of hydrogen-bond donors (Lipinski definition) is 1. The lowest BCUT2D eigenvalue weighted by Gasteiger charge is -2.24. The summed E-state index contributed by atoms with van der Waals surface area (Å²) >= 11 is 0. The van der Waals surface area contributed by atoms with Crippen molar-refractivity contribution in [3.8, 4) is 5.75 Å². The second-order valence-corrected chi connectivity index (χ2v) is 5.05. The summed E-state index contributed by atoms with van der Waals surface area (Å²) in [5, 5.41) is 0. The number of pyridine rings is 1. The van der Waals surface area contributed by atoms with Gasteiger partial charge in [-0.2, -0.15) is 0 Å². The van der Waals surface area contributed by atoms with Crippen LogP contribution in [0.4, 0.5) is 0 Å². The zero-order valence-electron chi connectivity index (χ0n) is 11.6. The normalized spacial score (nSPS) is 20.3. The summed E-state index contributed by atoms with van der Waals surface area (Å²) in [6.07, 6.45) is 4.34. The lowest BCUT2D eigenvalue weighted by atomic mass is 10.1. The monoisotopic (exact) mass is 249 g/mol. The number of nitrogens with two attached hydrogens (primary N) is 1. The van der Waals surface area contributed by atoms with Crippen LogP contribution in [-0.2, 0) is 6.54 Å². The molecule has 1 fully saturated rings. The first-order valence-corrected chi connectivity index (χ1v) is 6.60. The van der Waals surface area contributed by atoms with Crippen molar-refractivity contribution in [2.45, 2.75) is 39.3 Å². The van der Waals surface area contributed by atoms with E-state index in [0.717, 1.165) is 42.2 Å². The van der Waals surface area contributed by atoms with E-state index in [0.29, 0.717) is 6.04 Å². The van der Waals surface area contributed by atoms with Crippen LogP contribution in [0.15, 0.2) is 6.20 Å². The number of methoxy groups -OCH3 is 1. The standard InChI is InChI=1S/C14H23N3O/c1-10-8-16-13(11(2)14(10)18-3)9-17-6-4-5-12(17)7-15/h8,12H,4-7,9,15H2,1-3H3. The third-order valence-electron chi connectivity index (χ3n) is 3.87. The van der Waals surface area contributed by atoms with E-state index in [4.69, 9.17) is 10.5 Å². The van der Waals surface area contributed by atoms with Crippen molar-refractivity contribution >= 4 is 0 Å². The second kappa shape index (κ2) is 5.67. The van der Waals surface area contributed by atoms with E-state index < -0.39 is 0 Å². The van der Waals surface area contributed by atoms with Crippen molar-refractivity contribution in [3.63, 3.8) is 0 Å². The molecule has 1 saturated heterocycles. The highest BCUT2D eigenvalue weighted by Gasteiger charge is 2.24. The number of aromatic nitrogens is 1. The molecule has 0 amide bonds. The first-order valence-electron chi connectivity index (χ1n) is 6.60. The fourth-order valence-electron chi connectivity index (χ4n) is 2.79. The summed E-state index contributed by atoms with van der Waals surface area (Å²) in [7, 11) is 1.72. The molecule has 18 heavy (non-hydrogen) atoms. The largest absolute Gasteiger partial charge is 0.496 e. The maximum Gasteiger partial charge on any atom is 0.128 e. The minimum atomic E-state index is 0.512. The van der Waals surface area contributed by atoms with Crippen molar-refractivity contribution in [1.29, 1.82) is 0 Å². The van der Waals surface area contributed by atoms with Crippen LogP contribution in [0.5, 0.6) is 5.75 Å². The molecule has 1 unspecified atom stereocenters. The van der Waals surface area contributed by atoms with E-state index in [1.54, 1.807) is 7.11 Å². The lowest BCUT2D eigenvalue weighted by molar-refractivity contribution is 0.246. The van der Waals surface area contributed by atoms with Crippen LogP contribution in [0, 0.1) is 13.8 Å². The molecule has 1 aromatic heterocycles. The Morgan fingerprint density at radius 2 is 2.28 bits per heavy atom. The second-order valence-electron chi connectivity index (χ2n) is 5.05. The first kappa shape index (κ1) is 13.3. The number of rotatable bonds is 4. The number of aryl methyl sites for hydroxylation is 1. The molecule has 4 heteroatoms. The summed E-state index contributed by atoms with van der Waals surface area (Å²) in [4.78, 5) is 6.99. The van der Waals surface area contributed by atoms with Crippen molar-refractivity contribution in [2.75, 3.05) is 20.2 Å². The smallest absolute Gasteiger partial charge is 0.128 e. The molecule has 0 radical (unpaired) electrons. The molecule has 0 bridgehead atoms. The van der Waals surface area contributed by atoms with E-state index in [2.05, 4.69) is 16.8 Å². The molecule has 1 atom stereocenters. The third-order valence-corrected chi connectivity index (χ3v) is 3.87. The minimum absolute atomic E-state index is 0.512. The summed E-state index contributed by atoms with van der Waals surface area (Å²) < 4.78 is 5.45. The molecule has 1 aromatic rings. The molecule has 0 aliphatic carbocycles. The molecule has 100 valence electrons. The SMILES string of the molecule is COc1c(C)cnc(CN2CCCC2CN)c1C. The summed E-state index contributed by atoms with van der Waals surface area (Å²) in [6.45, 7) is 6.86. The number of nitrogens with zero attached hydrogens (tertiary/aromatic N) is 2. The van der Waals surface area contributed by atoms with Crippen LogP contribution < -0.4 is 10.5 Å². The molecule has 2 heterocycles. The Bertz CT molecular complexity index is 420. The van der Waals surface area contributed by atoms with Crippen molar-refractivity contribution in [1.82, 2.24) is 9.88 Å². The van der Waals surface area contributed by atoms with Crippen LogP contribution in [0.1, 0.15) is 29.7 Å². The van der Waals surface area contributed by atoms with Crippen LogP contribution in [0.25, 0.3) is 0 Å². The highest BCUT2D eigenvalue weighted by atomic mass is 16.5. The van der Waals surface area contributed by atoms with Gasteiger partial charge in [0, 0.05) is 36.5 Å². The molecule has 0 spiro atoms. The van der Waals surface area contributed by atoms with Gasteiger partial charge in [0.1, 0.15) is 5.75 Å². The summed E-state index contributed by atoms with van der Waals surface area (Å²) in [5.74, 6) is 0.962. The van der Waals surface area contributed by atoms with Gasteiger partial charge >= 0.3 is 0 Å². The zero-order valence-corrected chi connectivity index (χ0v) is 11.6. The van der Waals surface area contributed by atoms with E-state index >= 15 is 0 Å². The van der Waals surface area contributed by atoms with Gasteiger partial charge in [0.15, 0.2) is 0 Å². The Hall–Kier alpha value is -1.13. The van der Waals surface area contributed by atoms with Crippen molar-refractivity contribution in [3.05, 3.63) is 23.0 Å². The van der Waals surface area contributed by atoms with Gasteiger partial charge in [-0.3, -0.25) is 9.88 Å². The van der Waals surface area contributed by atoms with Crippen LogP contribution in [-0.4, -0.2) is 36.1 Å². The molecular formula is C14H23N3O. The molecule has 0 saturated carbocycles. The van der Waals surface area contributed by atoms with Gasteiger partial charge in [0.25, 0.3) is 0 Å². The predicted octanol–water partition coefficient (Wildman–Crippen LogP) is 1.63. The summed E-state index contributed by atoms with van der Waals surface area (Å²) in [5.41, 5.74) is 9.16. The van der Waals surface area contributed by atoms with E-state index in [1.165, 1.54) is 12.8 Å². The van der Waals surface area contributed by atoms with Gasteiger partial charge in [-0.25, -0.2) is 0 Å². The maximum absolute atomic E-state index is 5.81. The Labute approximate surface area is 109 Å². The molecule has 2 rings (SSSR count). The number of hydrogen-bond acceptors (Lipinski definition) is 4. The Morgan fingerprint density at radius 3 is 2.94 bits per heavy atom. The maximum atomic E-state index is 5.81. The van der Waals surface area contributed by atoms with Crippen molar-refractivity contribution < 1.29 is 4.74 Å². The molecule has 2 N–H and O–H groups in total. The van der Waals surface area contributed by atoms with Gasteiger partial charge in [-0.1, -0.05) is 0 Å². The van der Waals surface area contributed by atoms with E-state index in [-0.39, 0.29) is 0 Å². The number of ether oxygens (including phenoxy) is 1. The third kappa shape index (κ3) is 2.49. The Kier molecular flexibility index (Phi) is 4.19. The van der Waals surface area contributed by atoms with Gasteiger partial charge in [0.05, 0.1) is 12.8 Å². The quantitative estimate of drug-likeness (QED) is 0.881. The molecular weight excluding hydrogens is 226 g/mol. The Balaban J connectivity index is 2.19. The zero-order chi connectivity index (χ0) is 13.1. The van der Waals surface area contributed by atoms with Gasteiger partial charge in [-0.15, -0.1) is 0 Å². The van der Waals surface area contributed by atoms with Crippen LogP contribution in [0.3, 0.4) is 0 Å². The minimum Gasteiger partial charge on any atom is -0.496 e. The Morgan fingerprint density at radius 1 is 1.50 bits per heavy atom. The lowest BCUT2D eigenvalue weighted by Crippen LogP contribution is -2.35. The van der Waals surface area contributed by atoms with Crippen LogP contribution in [0.2, 0.25) is 0 Å². The highest BCUT2D eigenvalue weighted by molar-refractivity contribution is 5.41. The molecule has 0 aromatic carbocycles. The summed E-state index contributed by atoms with van der Waals surface area (Å²) in [6, 6.07) is 0.512. The topological polar surface area (TPSA) is 51.4 Å². The first-order chi connectivity index (χ1) is 8.67. The predicted molar refractivity (Wildman–Crippen MR) is 72.7 cm³/mol. The van der Waals surface area contributed by atoms with Gasteiger partial charge in [-0.05, 0) is 33.2 Å².